The van der Waals surface area contributed by atoms with E-state index in [9.17, 15) is 4.79 Å². The third-order valence-electron chi connectivity index (χ3n) is 2.52. The Balaban J connectivity index is 1.73. The predicted octanol–water partition coefficient (Wildman–Crippen LogP) is 1.47. The van der Waals surface area contributed by atoms with Gasteiger partial charge in [0.1, 0.15) is 0 Å². The lowest BCUT2D eigenvalue weighted by Crippen LogP contribution is -2.23. The first kappa shape index (κ1) is 11.1. The molecule has 0 atom stereocenters. The van der Waals surface area contributed by atoms with Crippen LogP contribution in [0.3, 0.4) is 0 Å². The van der Waals surface area contributed by atoms with E-state index in [1.807, 2.05) is 13.0 Å². The predicted molar refractivity (Wildman–Crippen MR) is 63.2 cm³/mol. The van der Waals surface area contributed by atoms with Crippen molar-refractivity contribution in [2.75, 3.05) is 11.9 Å². The molecule has 1 heterocycles. The molecule has 0 radical (unpaired) electrons. The number of carbonyl (C=O) groups is 1. The number of carbonyl (C=O) groups excluding carboxylic acids is 1. The zero-order valence-corrected chi connectivity index (χ0v) is 9.49. The second-order valence-electron chi connectivity index (χ2n) is 4.28. The van der Waals surface area contributed by atoms with Crippen LogP contribution in [-0.2, 0) is 4.79 Å². The summed E-state index contributed by atoms with van der Waals surface area (Å²) in [7, 11) is 0. The Morgan fingerprint density at radius 3 is 3.00 bits per heavy atom. The highest BCUT2D eigenvalue weighted by Crippen LogP contribution is 2.18. The number of aryl methyl sites for hydroxylation is 1. The van der Waals surface area contributed by atoms with Crippen LogP contribution < -0.4 is 10.6 Å². The number of amides is 1. The molecule has 1 aliphatic carbocycles. The van der Waals surface area contributed by atoms with Crippen LogP contribution in [0.2, 0.25) is 0 Å². The third kappa shape index (κ3) is 3.62. The van der Waals surface area contributed by atoms with Gasteiger partial charge in [0.15, 0.2) is 0 Å². The van der Waals surface area contributed by atoms with Crippen molar-refractivity contribution in [1.29, 1.82) is 0 Å². The smallest absolute Gasteiger partial charge is 0.225 e. The Hall–Kier alpha value is -1.42. The fourth-order valence-electron chi connectivity index (χ4n) is 1.52. The van der Waals surface area contributed by atoms with Crippen molar-refractivity contribution in [3.63, 3.8) is 0 Å². The number of hydrogen-bond acceptors (Lipinski definition) is 3. The number of nitrogens with zero attached hydrogens (tertiary/aromatic N) is 1. The highest BCUT2D eigenvalue weighted by atomic mass is 16.1. The molecule has 86 valence electrons. The summed E-state index contributed by atoms with van der Waals surface area (Å²) in [5.74, 6) is 0.0422. The molecule has 2 N–H and O–H groups in total. The minimum absolute atomic E-state index is 0.0422. The van der Waals surface area contributed by atoms with E-state index in [1.165, 1.54) is 12.8 Å². The average Bonchev–Trinajstić information content (AvgIpc) is 3.01. The molecule has 0 bridgehead atoms. The van der Waals surface area contributed by atoms with Crippen molar-refractivity contribution < 1.29 is 4.79 Å². The van der Waals surface area contributed by atoms with Gasteiger partial charge in [0.05, 0.1) is 11.9 Å². The van der Waals surface area contributed by atoms with Gasteiger partial charge in [-0.3, -0.25) is 9.78 Å². The van der Waals surface area contributed by atoms with E-state index in [1.54, 1.807) is 12.4 Å². The number of nitrogens with one attached hydrogen (secondary N) is 2. The summed E-state index contributed by atoms with van der Waals surface area (Å²) in [5.41, 5.74) is 1.82. The molecule has 1 saturated carbocycles. The normalized spacial score (nSPS) is 14.8. The summed E-state index contributed by atoms with van der Waals surface area (Å²) in [5, 5.41) is 6.14. The molecule has 1 aromatic rings. The third-order valence-corrected chi connectivity index (χ3v) is 2.52. The van der Waals surface area contributed by atoms with Gasteiger partial charge < -0.3 is 10.6 Å². The summed E-state index contributed by atoms with van der Waals surface area (Å²) in [6.45, 7) is 2.72. The highest BCUT2D eigenvalue weighted by Gasteiger charge is 2.20. The largest absolute Gasteiger partial charge is 0.325 e. The lowest BCUT2D eigenvalue weighted by atomic mass is 10.3. The molecule has 0 aromatic carbocycles. The van der Waals surface area contributed by atoms with Crippen LogP contribution in [0.25, 0.3) is 0 Å². The van der Waals surface area contributed by atoms with Gasteiger partial charge in [-0.2, -0.15) is 0 Å². The summed E-state index contributed by atoms with van der Waals surface area (Å²) < 4.78 is 0. The second-order valence-corrected chi connectivity index (χ2v) is 4.28. The molecule has 16 heavy (non-hydrogen) atoms. The van der Waals surface area contributed by atoms with E-state index in [0.29, 0.717) is 12.5 Å². The SMILES string of the molecule is Cc1cncc(NC(=O)CCNC2CC2)c1. The van der Waals surface area contributed by atoms with Crippen LogP contribution in [0.4, 0.5) is 5.69 Å². The van der Waals surface area contributed by atoms with E-state index in [-0.39, 0.29) is 5.91 Å². The zero-order valence-electron chi connectivity index (χ0n) is 9.49. The molecule has 1 fully saturated rings. The van der Waals surface area contributed by atoms with Crippen LogP contribution in [0.15, 0.2) is 18.5 Å². The van der Waals surface area contributed by atoms with Crippen molar-refractivity contribution in [2.24, 2.45) is 0 Å². The van der Waals surface area contributed by atoms with E-state index in [4.69, 9.17) is 0 Å². The first-order chi connectivity index (χ1) is 7.74. The van der Waals surface area contributed by atoms with E-state index in [0.717, 1.165) is 17.8 Å². The maximum atomic E-state index is 11.5. The van der Waals surface area contributed by atoms with Gasteiger partial charge in [-0.05, 0) is 31.4 Å². The van der Waals surface area contributed by atoms with Gasteiger partial charge in [0.2, 0.25) is 5.91 Å². The Morgan fingerprint density at radius 2 is 2.31 bits per heavy atom. The van der Waals surface area contributed by atoms with E-state index < -0.39 is 0 Å². The molecule has 0 unspecified atom stereocenters. The van der Waals surface area contributed by atoms with Gasteiger partial charge in [0, 0.05) is 25.2 Å². The zero-order chi connectivity index (χ0) is 11.4. The molecular weight excluding hydrogens is 202 g/mol. The molecule has 1 amide bonds. The number of anilines is 1. The summed E-state index contributed by atoms with van der Waals surface area (Å²) in [4.78, 5) is 15.6. The number of pyridine rings is 1. The van der Waals surface area contributed by atoms with Crippen LogP contribution in [0.1, 0.15) is 24.8 Å². The lowest BCUT2D eigenvalue weighted by molar-refractivity contribution is -0.116. The Kier molecular flexibility index (Phi) is 3.51. The van der Waals surface area contributed by atoms with E-state index >= 15 is 0 Å². The first-order valence-electron chi connectivity index (χ1n) is 5.69. The van der Waals surface area contributed by atoms with Crippen molar-refractivity contribution in [1.82, 2.24) is 10.3 Å². The highest BCUT2D eigenvalue weighted by molar-refractivity contribution is 5.90. The van der Waals surface area contributed by atoms with Crippen LogP contribution in [0, 0.1) is 6.92 Å². The van der Waals surface area contributed by atoms with Crippen molar-refractivity contribution in [3.05, 3.63) is 24.0 Å². The number of aromatic nitrogens is 1. The average molecular weight is 219 g/mol. The maximum Gasteiger partial charge on any atom is 0.225 e. The molecule has 2 rings (SSSR count). The second kappa shape index (κ2) is 5.07. The summed E-state index contributed by atoms with van der Waals surface area (Å²) >= 11 is 0. The Morgan fingerprint density at radius 1 is 1.50 bits per heavy atom. The Labute approximate surface area is 95.5 Å². The molecule has 0 spiro atoms. The quantitative estimate of drug-likeness (QED) is 0.788. The fourth-order valence-corrected chi connectivity index (χ4v) is 1.52. The van der Waals surface area contributed by atoms with Crippen molar-refractivity contribution in [3.8, 4) is 0 Å². The minimum Gasteiger partial charge on any atom is -0.325 e. The van der Waals surface area contributed by atoms with Gasteiger partial charge in [-0.1, -0.05) is 0 Å². The van der Waals surface area contributed by atoms with Crippen molar-refractivity contribution in [2.45, 2.75) is 32.2 Å². The number of rotatable bonds is 5. The topological polar surface area (TPSA) is 54.0 Å². The maximum absolute atomic E-state index is 11.5. The molecule has 0 aliphatic heterocycles. The lowest BCUT2D eigenvalue weighted by Gasteiger charge is -2.05. The molecule has 0 saturated heterocycles. The first-order valence-corrected chi connectivity index (χ1v) is 5.69. The van der Waals surface area contributed by atoms with E-state index in [2.05, 4.69) is 15.6 Å². The monoisotopic (exact) mass is 219 g/mol. The van der Waals surface area contributed by atoms with Gasteiger partial charge >= 0.3 is 0 Å². The molecular formula is C12H17N3O. The van der Waals surface area contributed by atoms with Crippen LogP contribution in [0.5, 0.6) is 0 Å². The van der Waals surface area contributed by atoms with Gasteiger partial charge in [0.25, 0.3) is 0 Å². The van der Waals surface area contributed by atoms with Gasteiger partial charge in [-0.25, -0.2) is 0 Å². The summed E-state index contributed by atoms with van der Waals surface area (Å²) in [6.07, 6.45) is 6.46. The van der Waals surface area contributed by atoms with Crippen molar-refractivity contribution >= 4 is 11.6 Å². The minimum atomic E-state index is 0.0422. The molecule has 4 nitrogen and oxygen atoms in total. The standard InChI is InChI=1S/C12H17N3O/c1-9-6-11(8-13-7-9)15-12(16)4-5-14-10-2-3-10/h6-8,10,14H,2-5H2,1H3,(H,15,16). The molecule has 1 aliphatic rings. The van der Waals surface area contributed by atoms with Crippen LogP contribution >= 0.6 is 0 Å². The van der Waals surface area contributed by atoms with Gasteiger partial charge in [-0.15, -0.1) is 0 Å². The summed E-state index contributed by atoms with van der Waals surface area (Å²) in [6, 6.07) is 2.58. The Bertz CT molecular complexity index is 374. The number of hydrogen-bond donors (Lipinski definition) is 2. The fraction of sp³-hybridized carbons (Fsp3) is 0.500. The molecule has 1 aromatic heterocycles. The van der Waals surface area contributed by atoms with Crippen LogP contribution in [-0.4, -0.2) is 23.5 Å². The molecule has 4 heteroatoms.